The maximum atomic E-state index is 13.2. The van der Waals surface area contributed by atoms with Gasteiger partial charge in [0.2, 0.25) is 5.91 Å². The number of furan rings is 1. The van der Waals surface area contributed by atoms with Gasteiger partial charge in [0.1, 0.15) is 11.3 Å². The van der Waals surface area contributed by atoms with Crippen molar-refractivity contribution in [2.75, 3.05) is 38.6 Å². The molecule has 4 rings (SSSR count). The summed E-state index contributed by atoms with van der Waals surface area (Å²) in [4.78, 5) is 34.4. The Hall–Kier alpha value is -3.01. The number of nitrogens with one attached hydrogen (secondary N) is 1. The van der Waals surface area contributed by atoms with Gasteiger partial charge in [0.05, 0.1) is 4.88 Å². The number of anilines is 1. The zero-order valence-electron chi connectivity index (χ0n) is 19.3. The lowest BCUT2D eigenvalue weighted by Gasteiger charge is -2.19. The van der Waals surface area contributed by atoms with Crippen LogP contribution < -0.4 is 10.2 Å². The number of carbonyl (C=O) groups is 2. The molecule has 0 spiro atoms. The normalized spacial score (nSPS) is 11.3. The highest BCUT2D eigenvalue weighted by molar-refractivity contribution is 7.14. The molecule has 0 atom stereocenters. The molecule has 0 radical (unpaired) electrons. The number of thiophene rings is 1. The van der Waals surface area contributed by atoms with Crippen molar-refractivity contribution in [2.24, 2.45) is 0 Å². The first-order valence-electron chi connectivity index (χ1n) is 11.2. The minimum absolute atomic E-state index is 0.0411. The first kappa shape index (κ1) is 24.1. The molecule has 1 N–H and O–H groups in total. The lowest BCUT2D eigenvalue weighted by molar-refractivity contribution is -0.121. The number of hydrogen-bond acceptors (Lipinski definition) is 7. The average Bonchev–Trinajstić information content (AvgIpc) is 3.58. The van der Waals surface area contributed by atoms with E-state index in [1.165, 1.54) is 22.7 Å². The van der Waals surface area contributed by atoms with Crippen molar-refractivity contribution in [3.05, 3.63) is 58.1 Å². The number of amides is 2. The molecule has 1 aromatic carbocycles. The molecule has 34 heavy (non-hydrogen) atoms. The Kier molecular flexibility index (Phi) is 8.10. The molecule has 7 nitrogen and oxygen atoms in total. The molecule has 3 aromatic heterocycles. The Morgan fingerprint density at radius 3 is 2.68 bits per heavy atom. The van der Waals surface area contributed by atoms with E-state index >= 15 is 0 Å². The van der Waals surface area contributed by atoms with E-state index < -0.39 is 0 Å². The number of hydrogen-bond donors (Lipinski definition) is 1. The molecule has 0 aliphatic carbocycles. The Bertz CT molecular complexity index is 1200. The molecule has 0 aliphatic heterocycles. The van der Waals surface area contributed by atoms with E-state index in [9.17, 15) is 9.59 Å². The van der Waals surface area contributed by atoms with Crippen molar-refractivity contribution >= 4 is 50.6 Å². The highest BCUT2D eigenvalue weighted by Crippen LogP contribution is 2.32. The van der Waals surface area contributed by atoms with E-state index in [2.05, 4.69) is 10.2 Å². The minimum Gasteiger partial charge on any atom is -0.454 e. The van der Waals surface area contributed by atoms with Gasteiger partial charge in [-0.05, 0) is 57.1 Å². The summed E-state index contributed by atoms with van der Waals surface area (Å²) in [5.41, 5.74) is 1.51. The third kappa shape index (κ3) is 6.11. The van der Waals surface area contributed by atoms with Crippen molar-refractivity contribution in [3.63, 3.8) is 0 Å². The molecule has 2 amide bonds. The fraction of sp³-hybridized carbons (Fsp3) is 0.320. The summed E-state index contributed by atoms with van der Waals surface area (Å²) >= 11 is 2.82. The first-order chi connectivity index (χ1) is 16.5. The maximum absolute atomic E-state index is 13.2. The summed E-state index contributed by atoms with van der Waals surface area (Å²) < 4.78 is 5.94. The largest absolute Gasteiger partial charge is 0.454 e. The monoisotopic (exact) mass is 496 g/mol. The smallest absolute Gasteiger partial charge is 0.270 e. The van der Waals surface area contributed by atoms with Crippen molar-refractivity contribution in [3.8, 4) is 11.5 Å². The quantitative estimate of drug-likeness (QED) is 0.292. The van der Waals surface area contributed by atoms with E-state index in [-0.39, 0.29) is 11.8 Å². The molecule has 0 aliphatic rings. The second-order valence-electron chi connectivity index (χ2n) is 8.21. The number of aromatic nitrogens is 1. The van der Waals surface area contributed by atoms with Crippen molar-refractivity contribution in [1.82, 2.24) is 15.2 Å². The zero-order valence-corrected chi connectivity index (χ0v) is 21.0. The standard InChI is InChI=1S/C25H28N4O3S2/c1-28(2)13-5-11-23(30)26-12-7-14-29(24(31)22-10-6-15-33-22)25-27-19(17-34-25)21-16-18-8-3-4-9-20(18)32-21/h3-4,6,8-10,15-17H,5,7,11-14H2,1-2H3,(H,26,30). The zero-order chi connectivity index (χ0) is 23.9. The van der Waals surface area contributed by atoms with Crippen LogP contribution >= 0.6 is 22.7 Å². The van der Waals surface area contributed by atoms with Crippen LogP contribution in [0.4, 0.5) is 5.13 Å². The SMILES string of the molecule is CN(C)CCCC(=O)NCCCN(C(=O)c1cccs1)c1nc(-c2cc3ccccc3o2)cs1. The molecular weight excluding hydrogens is 468 g/mol. The number of benzene rings is 1. The minimum atomic E-state index is -0.0854. The molecule has 0 unspecified atom stereocenters. The van der Waals surface area contributed by atoms with Crippen LogP contribution in [0.25, 0.3) is 22.4 Å². The van der Waals surface area contributed by atoms with Crippen LogP contribution in [0.2, 0.25) is 0 Å². The molecule has 4 aromatic rings. The van der Waals surface area contributed by atoms with E-state index in [0.29, 0.717) is 47.4 Å². The van der Waals surface area contributed by atoms with E-state index in [1.54, 1.807) is 4.90 Å². The van der Waals surface area contributed by atoms with Crippen LogP contribution in [0.1, 0.15) is 28.9 Å². The van der Waals surface area contributed by atoms with Gasteiger partial charge in [0, 0.05) is 30.3 Å². The van der Waals surface area contributed by atoms with E-state index in [1.807, 2.05) is 67.3 Å². The molecule has 9 heteroatoms. The number of para-hydroxylation sites is 1. The van der Waals surface area contributed by atoms with Crippen LogP contribution in [-0.2, 0) is 4.79 Å². The number of thiazole rings is 1. The van der Waals surface area contributed by atoms with Gasteiger partial charge in [0.15, 0.2) is 10.9 Å². The van der Waals surface area contributed by atoms with Crippen LogP contribution in [0.5, 0.6) is 0 Å². The Labute approximate surface area is 207 Å². The van der Waals surface area contributed by atoms with Crippen molar-refractivity contribution < 1.29 is 14.0 Å². The summed E-state index contributed by atoms with van der Waals surface area (Å²) in [5.74, 6) is 0.634. The third-order valence-corrected chi connectivity index (χ3v) is 6.99. The lowest BCUT2D eigenvalue weighted by Crippen LogP contribution is -2.34. The second-order valence-corrected chi connectivity index (χ2v) is 9.99. The highest BCUT2D eigenvalue weighted by Gasteiger charge is 2.22. The van der Waals surface area contributed by atoms with E-state index in [4.69, 9.17) is 9.40 Å². The third-order valence-electron chi connectivity index (χ3n) is 5.27. The van der Waals surface area contributed by atoms with Crippen molar-refractivity contribution in [1.29, 1.82) is 0 Å². The summed E-state index contributed by atoms with van der Waals surface area (Å²) in [5, 5.41) is 8.39. The summed E-state index contributed by atoms with van der Waals surface area (Å²) in [6.07, 6.45) is 1.96. The van der Waals surface area contributed by atoms with Gasteiger partial charge in [-0.2, -0.15) is 0 Å². The van der Waals surface area contributed by atoms with Crippen molar-refractivity contribution in [2.45, 2.75) is 19.3 Å². The average molecular weight is 497 g/mol. The van der Waals surface area contributed by atoms with Crippen LogP contribution in [0, 0.1) is 0 Å². The molecule has 0 saturated heterocycles. The van der Waals surface area contributed by atoms with Gasteiger partial charge in [-0.3, -0.25) is 14.5 Å². The molecule has 3 heterocycles. The second kappa shape index (κ2) is 11.4. The van der Waals surface area contributed by atoms with Crippen LogP contribution in [0.15, 0.2) is 57.6 Å². The Balaban J connectivity index is 1.42. The summed E-state index contributed by atoms with van der Waals surface area (Å²) in [7, 11) is 3.99. The molecule has 0 fully saturated rings. The van der Waals surface area contributed by atoms with Gasteiger partial charge in [-0.1, -0.05) is 24.3 Å². The van der Waals surface area contributed by atoms with Crippen LogP contribution in [0.3, 0.4) is 0 Å². The van der Waals surface area contributed by atoms with E-state index in [0.717, 1.165) is 23.9 Å². The highest BCUT2D eigenvalue weighted by atomic mass is 32.1. The number of fused-ring (bicyclic) bond motifs is 1. The van der Waals surface area contributed by atoms with Gasteiger partial charge in [0.25, 0.3) is 5.91 Å². The fourth-order valence-corrected chi connectivity index (χ4v) is 5.05. The first-order valence-corrected chi connectivity index (χ1v) is 13.0. The Morgan fingerprint density at radius 2 is 1.91 bits per heavy atom. The Morgan fingerprint density at radius 1 is 1.06 bits per heavy atom. The molecule has 0 saturated carbocycles. The van der Waals surface area contributed by atoms with Gasteiger partial charge < -0.3 is 14.6 Å². The topological polar surface area (TPSA) is 78.7 Å². The van der Waals surface area contributed by atoms with Gasteiger partial charge >= 0.3 is 0 Å². The number of carbonyl (C=O) groups excluding carboxylic acids is 2. The predicted molar refractivity (Wildman–Crippen MR) is 139 cm³/mol. The molecular formula is C25H28N4O3S2. The molecule has 0 bridgehead atoms. The number of rotatable bonds is 11. The van der Waals surface area contributed by atoms with Gasteiger partial charge in [-0.25, -0.2) is 4.98 Å². The molecule has 178 valence electrons. The summed E-state index contributed by atoms with van der Waals surface area (Å²) in [6.45, 7) is 1.85. The lowest BCUT2D eigenvalue weighted by atomic mass is 10.2. The van der Waals surface area contributed by atoms with Crippen LogP contribution in [-0.4, -0.2) is 55.4 Å². The maximum Gasteiger partial charge on any atom is 0.270 e. The van der Waals surface area contributed by atoms with Gasteiger partial charge in [-0.15, -0.1) is 22.7 Å². The number of nitrogens with zero attached hydrogens (tertiary/aromatic N) is 3. The summed E-state index contributed by atoms with van der Waals surface area (Å²) in [6, 6.07) is 13.5. The fourth-order valence-electron chi connectivity index (χ4n) is 3.54. The predicted octanol–water partition coefficient (Wildman–Crippen LogP) is 5.11.